The highest BCUT2D eigenvalue weighted by Gasteiger charge is 2.58. The Balaban J connectivity index is 1.68. The number of hydrogen-bond donors (Lipinski definition) is 2. The maximum absolute atomic E-state index is 5.71. The SMILES string of the molecule is C[C@]12CC/C(=N/N)C=C1CC[C@H]1[C@H]2CC[C@]2(C)/C(=N/N)CC[C@H]12. The van der Waals surface area contributed by atoms with Crippen LogP contribution in [0, 0.1) is 28.6 Å². The van der Waals surface area contributed by atoms with Gasteiger partial charge < -0.3 is 11.7 Å². The van der Waals surface area contributed by atoms with Gasteiger partial charge in [0.2, 0.25) is 0 Å². The highest BCUT2D eigenvalue weighted by Crippen LogP contribution is 2.64. The van der Waals surface area contributed by atoms with Crippen molar-refractivity contribution in [3.05, 3.63) is 11.6 Å². The van der Waals surface area contributed by atoms with Crippen molar-refractivity contribution in [3.63, 3.8) is 0 Å². The zero-order chi connectivity index (χ0) is 16.2. The second kappa shape index (κ2) is 5.09. The molecule has 0 aliphatic heterocycles. The Bertz CT molecular complexity index is 604. The van der Waals surface area contributed by atoms with Gasteiger partial charge >= 0.3 is 0 Å². The van der Waals surface area contributed by atoms with E-state index in [1.807, 2.05) is 0 Å². The first-order chi connectivity index (χ1) is 11.0. The number of nitrogens with zero attached hydrogens (tertiary/aromatic N) is 2. The minimum absolute atomic E-state index is 0.270. The molecule has 23 heavy (non-hydrogen) atoms. The summed E-state index contributed by atoms with van der Waals surface area (Å²) in [5, 5.41) is 8.15. The second-order valence-corrected chi connectivity index (χ2v) is 8.69. The molecule has 0 aromatic rings. The number of allylic oxidation sites excluding steroid dienone is 2. The number of rotatable bonds is 0. The average Bonchev–Trinajstić information content (AvgIpc) is 2.90. The minimum atomic E-state index is 0.270. The van der Waals surface area contributed by atoms with Gasteiger partial charge in [0.25, 0.3) is 0 Å². The Hall–Kier alpha value is -1.32. The molecule has 0 unspecified atom stereocenters. The highest BCUT2D eigenvalue weighted by molar-refractivity contribution is 5.96. The van der Waals surface area contributed by atoms with Crippen molar-refractivity contribution in [2.24, 2.45) is 50.5 Å². The van der Waals surface area contributed by atoms with Crippen LogP contribution in [-0.2, 0) is 0 Å². The Morgan fingerprint density at radius 1 is 0.913 bits per heavy atom. The number of fused-ring (bicyclic) bond motifs is 5. The molecule has 0 spiro atoms. The fraction of sp³-hybridized carbons (Fsp3) is 0.789. The lowest BCUT2D eigenvalue weighted by Gasteiger charge is -2.57. The van der Waals surface area contributed by atoms with E-state index in [0.29, 0.717) is 5.41 Å². The number of hydrazone groups is 2. The lowest BCUT2D eigenvalue weighted by atomic mass is 9.47. The molecular formula is C19H30N4. The number of hydrogen-bond acceptors (Lipinski definition) is 4. The highest BCUT2D eigenvalue weighted by atomic mass is 15.1. The molecule has 0 saturated heterocycles. The largest absolute Gasteiger partial charge is 0.323 e. The molecule has 0 bridgehead atoms. The summed E-state index contributed by atoms with van der Waals surface area (Å²) < 4.78 is 0. The predicted molar refractivity (Wildman–Crippen MR) is 94.9 cm³/mol. The van der Waals surface area contributed by atoms with Crippen LogP contribution in [0.4, 0.5) is 0 Å². The second-order valence-electron chi connectivity index (χ2n) is 8.69. The summed E-state index contributed by atoms with van der Waals surface area (Å²) in [4.78, 5) is 0. The van der Waals surface area contributed by atoms with E-state index in [4.69, 9.17) is 11.7 Å². The van der Waals surface area contributed by atoms with E-state index in [0.717, 1.165) is 36.3 Å². The molecule has 4 heteroatoms. The topological polar surface area (TPSA) is 76.8 Å². The molecule has 0 radical (unpaired) electrons. The summed E-state index contributed by atoms with van der Waals surface area (Å²) in [5.41, 5.74) is 4.62. The van der Waals surface area contributed by atoms with E-state index >= 15 is 0 Å². The van der Waals surface area contributed by atoms with Gasteiger partial charge in [0, 0.05) is 11.1 Å². The number of nitrogens with two attached hydrogens (primary N) is 2. The van der Waals surface area contributed by atoms with Crippen LogP contribution in [0.15, 0.2) is 21.9 Å². The van der Waals surface area contributed by atoms with Gasteiger partial charge in [-0.2, -0.15) is 10.2 Å². The summed E-state index contributed by atoms with van der Waals surface area (Å²) in [7, 11) is 0. The molecule has 3 fully saturated rings. The van der Waals surface area contributed by atoms with Crippen molar-refractivity contribution in [1.29, 1.82) is 0 Å². The van der Waals surface area contributed by atoms with Gasteiger partial charge in [0.05, 0.1) is 5.71 Å². The van der Waals surface area contributed by atoms with E-state index < -0.39 is 0 Å². The van der Waals surface area contributed by atoms with Crippen molar-refractivity contribution < 1.29 is 0 Å². The molecule has 0 aromatic heterocycles. The lowest BCUT2D eigenvalue weighted by molar-refractivity contribution is -0.0154. The lowest BCUT2D eigenvalue weighted by Crippen LogP contribution is -2.50. The molecule has 5 atom stereocenters. The van der Waals surface area contributed by atoms with Crippen molar-refractivity contribution in [1.82, 2.24) is 0 Å². The normalized spacial score (nSPS) is 49.5. The van der Waals surface area contributed by atoms with Crippen molar-refractivity contribution in [3.8, 4) is 0 Å². The fourth-order valence-corrected chi connectivity index (χ4v) is 6.67. The molecule has 4 aliphatic rings. The third-order valence-electron chi connectivity index (χ3n) is 8.04. The molecule has 3 saturated carbocycles. The van der Waals surface area contributed by atoms with E-state index in [2.05, 4.69) is 30.1 Å². The maximum Gasteiger partial charge on any atom is 0.0600 e. The molecule has 4 aliphatic carbocycles. The van der Waals surface area contributed by atoms with Crippen LogP contribution in [0.2, 0.25) is 0 Å². The first kappa shape index (κ1) is 15.2. The fourth-order valence-electron chi connectivity index (χ4n) is 6.67. The van der Waals surface area contributed by atoms with Crippen LogP contribution >= 0.6 is 0 Å². The van der Waals surface area contributed by atoms with E-state index in [1.165, 1.54) is 44.2 Å². The summed E-state index contributed by atoms with van der Waals surface area (Å²) in [6.45, 7) is 4.94. The van der Waals surface area contributed by atoms with Crippen LogP contribution in [-0.4, -0.2) is 11.4 Å². The Morgan fingerprint density at radius 3 is 2.43 bits per heavy atom. The smallest absolute Gasteiger partial charge is 0.0600 e. The zero-order valence-corrected chi connectivity index (χ0v) is 14.5. The van der Waals surface area contributed by atoms with Crippen LogP contribution < -0.4 is 11.7 Å². The molecule has 0 amide bonds. The van der Waals surface area contributed by atoms with Gasteiger partial charge in [-0.1, -0.05) is 19.4 Å². The van der Waals surface area contributed by atoms with Crippen molar-refractivity contribution >= 4 is 11.4 Å². The first-order valence-corrected chi connectivity index (χ1v) is 9.28. The van der Waals surface area contributed by atoms with Gasteiger partial charge in [0.1, 0.15) is 0 Å². The molecule has 4 rings (SSSR count). The van der Waals surface area contributed by atoms with Crippen molar-refractivity contribution in [2.45, 2.75) is 65.2 Å². The van der Waals surface area contributed by atoms with E-state index in [1.54, 1.807) is 5.57 Å². The monoisotopic (exact) mass is 314 g/mol. The first-order valence-electron chi connectivity index (χ1n) is 9.28. The van der Waals surface area contributed by atoms with E-state index in [9.17, 15) is 0 Å². The quantitative estimate of drug-likeness (QED) is 0.529. The summed E-state index contributed by atoms with van der Waals surface area (Å²) in [5.74, 6) is 13.7. The third kappa shape index (κ3) is 1.96. The Morgan fingerprint density at radius 2 is 1.70 bits per heavy atom. The standard InChI is InChI=1S/C19H30N4/c1-18-9-7-13(22-20)11-12(18)3-4-14-15-5-6-17(23-21)19(15,2)10-8-16(14)18/h11,14-16H,3-10,20-21H2,1-2H3/b22-13-,23-17+/t14-,15-,16-,18+,19+/m1/s1. The molecule has 4 nitrogen and oxygen atoms in total. The summed E-state index contributed by atoms with van der Waals surface area (Å²) >= 11 is 0. The van der Waals surface area contributed by atoms with Crippen molar-refractivity contribution in [2.75, 3.05) is 0 Å². The minimum Gasteiger partial charge on any atom is -0.323 e. The summed E-state index contributed by atoms with van der Waals surface area (Å²) in [6.07, 6.45) is 12.1. The molecule has 0 aromatic carbocycles. The molecule has 126 valence electrons. The predicted octanol–water partition coefficient (Wildman–Crippen LogP) is 3.58. The third-order valence-corrected chi connectivity index (χ3v) is 8.04. The van der Waals surface area contributed by atoms with Gasteiger partial charge in [-0.25, -0.2) is 0 Å². The van der Waals surface area contributed by atoms with Crippen LogP contribution in [0.5, 0.6) is 0 Å². The van der Waals surface area contributed by atoms with Gasteiger partial charge in [-0.15, -0.1) is 0 Å². The zero-order valence-electron chi connectivity index (χ0n) is 14.5. The average molecular weight is 314 g/mol. The van der Waals surface area contributed by atoms with Gasteiger partial charge in [-0.05, 0) is 80.6 Å². The van der Waals surface area contributed by atoms with Gasteiger partial charge in [-0.3, -0.25) is 0 Å². The maximum atomic E-state index is 5.71. The van der Waals surface area contributed by atoms with Crippen LogP contribution in [0.1, 0.15) is 65.2 Å². The molecular weight excluding hydrogens is 284 g/mol. The van der Waals surface area contributed by atoms with E-state index in [-0.39, 0.29) is 5.41 Å². The van der Waals surface area contributed by atoms with Gasteiger partial charge in [0.15, 0.2) is 0 Å². The summed E-state index contributed by atoms with van der Waals surface area (Å²) in [6, 6.07) is 0. The molecule has 4 N–H and O–H groups in total. The van der Waals surface area contributed by atoms with Crippen LogP contribution in [0.25, 0.3) is 0 Å². The molecule has 0 heterocycles. The van der Waals surface area contributed by atoms with Crippen LogP contribution in [0.3, 0.4) is 0 Å². The Kier molecular flexibility index (Phi) is 3.37. The Labute approximate surface area is 139 Å².